The van der Waals surface area contributed by atoms with Crippen LogP contribution in [-0.2, 0) is 4.65 Å². The highest BCUT2D eigenvalue weighted by Gasteiger charge is 2.39. The van der Waals surface area contributed by atoms with Crippen LogP contribution >= 0.6 is 0 Å². The van der Waals surface area contributed by atoms with Gasteiger partial charge in [-0.15, -0.1) is 0 Å². The molecule has 0 aromatic carbocycles. The summed E-state index contributed by atoms with van der Waals surface area (Å²) in [5.41, 5.74) is 0.135. The summed E-state index contributed by atoms with van der Waals surface area (Å²) < 4.78 is 6.70. The summed E-state index contributed by atoms with van der Waals surface area (Å²) in [5.74, 6) is 2.82. The predicted molar refractivity (Wildman–Crippen MR) is 93.7 cm³/mol. The molecule has 0 bridgehead atoms. The van der Waals surface area contributed by atoms with E-state index in [1.807, 2.05) is 0 Å². The zero-order valence-corrected chi connectivity index (χ0v) is 14.8. The van der Waals surface area contributed by atoms with E-state index in [2.05, 4.69) is 33.8 Å². The summed E-state index contributed by atoms with van der Waals surface area (Å²) in [6.45, 7) is 9.46. The summed E-state index contributed by atoms with van der Waals surface area (Å²) >= 11 is 0. The van der Waals surface area contributed by atoms with Gasteiger partial charge >= 0.3 is 6.92 Å². The molecule has 2 rings (SSSR count). The normalized spacial score (nSPS) is 23.1. The van der Waals surface area contributed by atoms with Crippen LogP contribution in [0.15, 0.2) is 11.8 Å². The summed E-state index contributed by atoms with van der Waals surface area (Å²) in [6, 6.07) is 0. The second-order valence-corrected chi connectivity index (χ2v) is 8.28. The summed E-state index contributed by atoms with van der Waals surface area (Å²) in [4.78, 5) is 0. The van der Waals surface area contributed by atoms with E-state index in [1.54, 1.807) is 0 Å². The lowest BCUT2D eigenvalue weighted by atomic mass is 9.41. The van der Waals surface area contributed by atoms with Gasteiger partial charge in [-0.1, -0.05) is 91.1 Å². The molecule has 2 aliphatic rings. The van der Waals surface area contributed by atoms with Crippen molar-refractivity contribution < 1.29 is 4.65 Å². The fraction of sp³-hybridized carbons (Fsp3) is 0.895. The fourth-order valence-corrected chi connectivity index (χ4v) is 4.33. The predicted octanol–water partition coefficient (Wildman–Crippen LogP) is 6.61. The molecule has 120 valence electrons. The molecule has 2 fully saturated rings. The third-order valence-electron chi connectivity index (χ3n) is 5.49. The van der Waals surface area contributed by atoms with Gasteiger partial charge < -0.3 is 4.65 Å². The van der Waals surface area contributed by atoms with Gasteiger partial charge in [0.15, 0.2) is 0 Å². The van der Waals surface area contributed by atoms with Crippen molar-refractivity contribution in [2.75, 3.05) is 0 Å². The van der Waals surface area contributed by atoms with Gasteiger partial charge in [0, 0.05) is 5.41 Å². The molecule has 1 nitrogen and oxygen atoms in total. The molecule has 21 heavy (non-hydrogen) atoms. The van der Waals surface area contributed by atoms with Crippen LogP contribution in [0.5, 0.6) is 0 Å². The van der Waals surface area contributed by atoms with E-state index in [0.29, 0.717) is 6.92 Å². The first-order chi connectivity index (χ1) is 10.0. The van der Waals surface area contributed by atoms with Crippen molar-refractivity contribution in [3.05, 3.63) is 11.8 Å². The number of hydrogen-bond acceptors (Lipinski definition) is 1. The van der Waals surface area contributed by atoms with Gasteiger partial charge in [-0.25, -0.2) is 0 Å². The monoisotopic (exact) mass is 290 g/mol. The van der Waals surface area contributed by atoms with Gasteiger partial charge in [0.05, 0.1) is 5.76 Å². The van der Waals surface area contributed by atoms with Gasteiger partial charge in [0.25, 0.3) is 0 Å². The van der Waals surface area contributed by atoms with Crippen LogP contribution in [0.1, 0.15) is 91.9 Å². The third-order valence-corrected chi connectivity index (χ3v) is 5.49. The summed E-state index contributed by atoms with van der Waals surface area (Å²) in [6.07, 6.45) is 16.3. The standard InChI is InChI=1S/C19H35BO/c1-5-18(19(2,3)4)21-20(16-12-8-6-9-13-16)17-14-10-7-11-15-17/h5,16-17H,6-15H2,1-4H3/b18-5+. The first-order valence-corrected chi connectivity index (χ1v) is 9.36. The van der Waals surface area contributed by atoms with Gasteiger partial charge in [-0.05, 0) is 18.6 Å². The van der Waals surface area contributed by atoms with E-state index in [1.165, 1.54) is 70.0 Å². The molecule has 0 spiro atoms. The molecule has 2 aliphatic carbocycles. The van der Waals surface area contributed by atoms with Crippen LogP contribution in [0, 0.1) is 5.41 Å². The highest BCUT2D eigenvalue weighted by Crippen LogP contribution is 2.43. The average Bonchev–Trinajstić information content (AvgIpc) is 2.49. The van der Waals surface area contributed by atoms with Crippen LogP contribution in [0.4, 0.5) is 0 Å². The van der Waals surface area contributed by atoms with Crippen LogP contribution in [0.25, 0.3) is 0 Å². The lowest BCUT2D eigenvalue weighted by Gasteiger charge is -2.37. The Labute approximate surface area is 133 Å². The summed E-state index contributed by atoms with van der Waals surface area (Å²) in [5, 5.41) is 0. The summed E-state index contributed by atoms with van der Waals surface area (Å²) in [7, 11) is 0. The Bertz CT molecular complexity index is 312. The number of hydrogen-bond donors (Lipinski definition) is 0. The van der Waals surface area contributed by atoms with Crippen molar-refractivity contribution in [1.82, 2.24) is 0 Å². The Balaban J connectivity index is 2.10. The molecular formula is C19H35BO. The van der Waals surface area contributed by atoms with E-state index in [9.17, 15) is 0 Å². The minimum absolute atomic E-state index is 0.135. The Morgan fingerprint density at radius 2 is 1.29 bits per heavy atom. The topological polar surface area (TPSA) is 9.23 Å². The van der Waals surface area contributed by atoms with E-state index in [4.69, 9.17) is 4.65 Å². The number of rotatable bonds is 4. The Kier molecular flexibility index (Phi) is 6.26. The molecule has 0 N–H and O–H groups in total. The zero-order chi connectivity index (χ0) is 15.3. The first-order valence-electron chi connectivity index (χ1n) is 9.36. The second kappa shape index (κ2) is 7.74. The molecule has 0 aromatic heterocycles. The van der Waals surface area contributed by atoms with E-state index >= 15 is 0 Å². The van der Waals surface area contributed by atoms with Gasteiger partial charge in [0.1, 0.15) is 0 Å². The smallest absolute Gasteiger partial charge is 0.363 e. The van der Waals surface area contributed by atoms with Gasteiger partial charge in [-0.2, -0.15) is 0 Å². The quantitative estimate of drug-likeness (QED) is 0.418. The minimum atomic E-state index is 0.135. The molecule has 2 saturated carbocycles. The van der Waals surface area contributed by atoms with Crippen LogP contribution < -0.4 is 0 Å². The van der Waals surface area contributed by atoms with Gasteiger partial charge in [-0.3, -0.25) is 0 Å². The van der Waals surface area contributed by atoms with E-state index in [0.717, 1.165) is 11.6 Å². The maximum absolute atomic E-state index is 6.70. The molecule has 2 heteroatoms. The van der Waals surface area contributed by atoms with Crippen molar-refractivity contribution in [2.45, 2.75) is 104 Å². The lowest BCUT2D eigenvalue weighted by molar-refractivity contribution is 0.270. The fourth-order valence-electron chi connectivity index (χ4n) is 4.33. The molecule has 0 unspecified atom stereocenters. The van der Waals surface area contributed by atoms with Crippen LogP contribution in [-0.4, -0.2) is 6.92 Å². The third kappa shape index (κ3) is 4.79. The van der Waals surface area contributed by atoms with E-state index in [-0.39, 0.29) is 5.41 Å². The molecule has 0 aliphatic heterocycles. The van der Waals surface area contributed by atoms with Crippen LogP contribution in [0.3, 0.4) is 0 Å². The lowest BCUT2D eigenvalue weighted by Crippen LogP contribution is -2.35. The van der Waals surface area contributed by atoms with Crippen molar-refractivity contribution in [2.24, 2.45) is 5.41 Å². The average molecular weight is 290 g/mol. The highest BCUT2D eigenvalue weighted by atomic mass is 16.4. The second-order valence-electron chi connectivity index (χ2n) is 8.28. The molecule has 0 saturated heterocycles. The largest absolute Gasteiger partial charge is 0.563 e. The van der Waals surface area contributed by atoms with Crippen LogP contribution in [0.2, 0.25) is 11.6 Å². The molecule has 0 radical (unpaired) electrons. The van der Waals surface area contributed by atoms with Crippen molar-refractivity contribution in [3.8, 4) is 0 Å². The van der Waals surface area contributed by atoms with Crippen molar-refractivity contribution >= 4 is 6.92 Å². The molecule has 0 amide bonds. The highest BCUT2D eigenvalue weighted by molar-refractivity contribution is 6.55. The van der Waals surface area contributed by atoms with Gasteiger partial charge in [0.2, 0.25) is 0 Å². The number of allylic oxidation sites excluding steroid dienone is 2. The molecule has 0 aromatic rings. The molecule has 0 atom stereocenters. The first kappa shape index (κ1) is 17.0. The SMILES string of the molecule is C/C=C(/OB(C1CCCCC1)C1CCCCC1)C(C)(C)C. The zero-order valence-electron chi connectivity index (χ0n) is 14.8. The Morgan fingerprint density at radius 1 is 0.857 bits per heavy atom. The van der Waals surface area contributed by atoms with E-state index < -0.39 is 0 Å². The Hall–Kier alpha value is -0.395. The van der Waals surface area contributed by atoms with Crippen molar-refractivity contribution in [1.29, 1.82) is 0 Å². The molecule has 0 heterocycles. The molecular weight excluding hydrogens is 255 g/mol. The minimum Gasteiger partial charge on any atom is -0.563 e. The van der Waals surface area contributed by atoms with Crippen molar-refractivity contribution in [3.63, 3.8) is 0 Å². The Morgan fingerprint density at radius 3 is 1.62 bits per heavy atom. The maximum atomic E-state index is 6.70. The maximum Gasteiger partial charge on any atom is 0.363 e.